The van der Waals surface area contributed by atoms with Crippen molar-refractivity contribution < 1.29 is 19.4 Å². The number of aliphatic hydroxyl groups excluding tert-OH is 1. The van der Waals surface area contributed by atoms with Gasteiger partial charge >= 0.3 is 5.97 Å². The van der Waals surface area contributed by atoms with Crippen molar-refractivity contribution in [1.82, 2.24) is 24.8 Å². The van der Waals surface area contributed by atoms with E-state index in [4.69, 9.17) is 21.0 Å². The third kappa shape index (κ3) is 6.15. The molecule has 3 aromatic heterocycles. The van der Waals surface area contributed by atoms with E-state index in [9.17, 15) is 20.3 Å². The number of nitrogens with zero attached hydrogens (tertiary/aromatic N) is 7. The second kappa shape index (κ2) is 13.9. The molecule has 55 heavy (non-hydrogen) atoms. The Balaban J connectivity index is 1.03. The zero-order chi connectivity index (χ0) is 37.8. The first-order valence-corrected chi connectivity index (χ1v) is 18.6. The van der Waals surface area contributed by atoms with Crippen molar-refractivity contribution in [3.63, 3.8) is 0 Å². The van der Waals surface area contributed by atoms with Gasteiger partial charge in [-0.05, 0) is 103 Å². The molecule has 2 fully saturated rings. The number of para-hydroxylation sites is 1. The fourth-order valence-electron chi connectivity index (χ4n) is 8.78. The first-order chi connectivity index (χ1) is 26.8. The van der Waals surface area contributed by atoms with Crippen LogP contribution in [0.5, 0.6) is 0 Å². The Bertz CT molecular complexity index is 2600. The molecule has 1 aliphatic carbocycles. The third-order valence-electron chi connectivity index (χ3n) is 11.5. The van der Waals surface area contributed by atoms with Crippen molar-refractivity contribution in [2.75, 3.05) is 31.5 Å². The number of hydrogen-bond acceptors (Lipinski definition) is 10. The number of carboxylic acids is 1. The minimum Gasteiger partial charge on any atom is -0.481 e. The first-order valence-electron chi connectivity index (χ1n) is 18.6. The van der Waals surface area contributed by atoms with Gasteiger partial charge in [-0.15, -0.1) is 0 Å². The average molecular weight is 731 g/mol. The molecule has 3 atom stereocenters. The number of fused-ring (bicyclic) bond motifs is 3. The number of carboxylic acid groups (broad SMARTS) is 1. The minimum absolute atomic E-state index is 0.0435. The van der Waals surface area contributed by atoms with E-state index in [1.807, 2.05) is 61.7 Å². The van der Waals surface area contributed by atoms with Crippen LogP contribution in [-0.2, 0) is 17.8 Å². The fourth-order valence-corrected chi connectivity index (χ4v) is 8.78. The minimum atomic E-state index is -0.760. The van der Waals surface area contributed by atoms with E-state index in [-0.39, 0.29) is 18.1 Å². The number of rotatable bonds is 8. The largest absolute Gasteiger partial charge is 0.481 e. The Labute approximate surface area is 317 Å². The monoisotopic (exact) mass is 730 g/mol. The summed E-state index contributed by atoms with van der Waals surface area (Å²) in [5, 5.41) is 34.2. The number of pyridine rings is 2. The first kappa shape index (κ1) is 34.6. The van der Waals surface area contributed by atoms with E-state index < -0.39 is 5.97 Å². The highest BCUT2D eigenvalue weighted by molar-refractivity contribution is 5.96. The van der Waals surface area contributed by atoms with Crippen LogP contribution >= 0.6 is 0 Å². The standard InChI is InChI=1S/C43H38N8O4/c1-24-29(32-7-4-8-35(39(32)45-2)48-41-38-26(11-14-46-41)17-25(20-47-38)21-50-15-13-28(52)23-50)5-3-6-30(24)42-49-36-18-33-31(34(19-44)40(36)55-42)9-10-37(33)51-16-12-27(22-51)43(53)54/h3-8,11,14,17-18,20,27-28,37,52H,9-10,12-13,15-16,21-23H2,1H3,(H,46,48)(H,53,54)/t27-,28-,37-/m1/s1. The van der Waals surface area contributed by atoms with Crippen LogP contribution in [0.2, 0.25) is 0 Å². The average Bonchev–Trinajstić information content (AvgIpc) is 4.01. The van der Waals surface area contributed by atoms with Crippen molar-refractivity contribution in [3.05, 3.63) is 106 Å². The molecule has 3 aliphatic rings. The van der Waals surface area contributed by atoms with Crippen molar-refractivity contribution in [2.24, 2.45) is 5.92 Å². The zero-order valence-electron chi connectivity index (χ0n) is 30.3. The lowest BCUT2D eigenvalue weighted by atomic mass is 9.94. The van der Waals surface area contributed by atoms with E-state index in [0.717, 1.165) is 70.1 Å². The number of aliphatic carboxylic acids is 1. The molecule has 0 radical (unpaired) electrons. The molecule has 0 amide bonds. The van der Waals surface area contributed by atoms with Gasteiger partial charge in [-0.3, -0.25) is 19.6 Å². The lowest BCUT2D eigenvalue weighted by molar-refractivity contribution is -0.141. The maximum Gasteiger partial charge on any atom is 0.307 e. The Hall–Kier alpha value is -6.18. The molecule has 2 aliphatic heterocycles. The van der Waals surface area contributed by atoms with E-state index in [2.05, 4.69) is 37.1 Å². The lowest BCUT2D eigenvalue weighted by Gasteiger charge is -2.24. The Kier molecular flexibility index (Phi) is 8.74. The normalized spacial score (nSPS) is 19.8. The highest BCUT2D eigenvalue weighted by Crippen LogP contribution is 2.45. The van der Waals surface area contributed by atoms with E-state index >= 15 is 0 Å². The number of hydrogen-bond donors (Lipinski definition) is 3. The Morgan fingerprint density at radius 2 is 1.91 bits per heavy atom. The van der Waals surface area contributed by atoms with Crippen LogP contribution in [0, 0.1) is 30.7 Å². The van der Waals surface area contributed by atoms with Gasteiger partial charge in [0.1, 0.15) is 22.7 Å². The highest BCUT2D eigenvalue weighted by Gasteiger charge is 2.37. The number of carbonyl (C=O) groups is 1. The van der Waals surface area contributed by atoms with Crippen LogP contribution in [0.3, 0.4) is 0 Å². The number of aromatic nitrogens is 3. The Morgan fingerprint density at radius 3 is 2.69 bits per heavy atom. The van der Waals surface area contributed by atoms with Gasteiger partial charge in [0.2, 0.25) is 11.6 Å². The predicted molar refractivity (Wildman–Crippen MR) is 208 cm³/mol. The number of benzene rings is 3. The van der Waals surface area contributed by atoms with Gasteiger partial charge < -0.3 is 19.9 Å². The fraction of sp³-hybridized carbons (Fsp3) is 0.302. The summed E-state index contributed by atoms with van der Waals surface area (Å²) < 4.78 is 6.41. The third-order valence-corrected chi connectivity index (χ3v) is 11.5. The van der Waals surface area contributed by atoms with Crippen LogP contribution in [0.1, 0.15) is 53.1 Å². The van der Waals surface area contributed by atoms with Gasteiger partial charge in [-0.1, -0.05) is 24.3 Å². The van der Waals surface area contributed by atoms with Crippen LogP contribution in [0.4, 0.5) is 17.2 Å². The summed E-state index contributed by atoms with van der Waals surface area (Å²) in [5.41, 5.74) is 9.55. The molecule has 0 unspecified atom stereocenters. The van der Waals surface area contributed by atoms with Crippen LogP contribution in [-0.4, -0.2) is 73.2 Å². The molecule has 12 heteroatoms. The number of aliphatic hydroxyl groups is 1. The molecule has 3 N–H and O–H groups in total. The van der Waals surface area contributed by atoms with Gasteiger partial charge in [-0.2, -0.15) is 5.26 Å². The van der Waals surface area contributed by atoms with Gasteiger partial charge in [0.05, 0.1) is 18.6 Å². The van der Waals surface area contributed by atoms with Gasteiger partial charge in [-0.25, -0.2) is 14.8 Å². The topological polar surface area (TPSA) is 156 Å². The molecule has 3 aromatic carbocycles. The van der Waals surface area contributed by atoms with E-state index in [1.54, 1.807) is 6.20 Å². The summed E-state index contributed by atoms with van der Waals surface area (Å²) in [6.45, 7) is 13.7. The maximum atomic E-state index is 11.7. The lowest BCUT2D eigenvalue weighted by Crippen LogP contribution is -2.26. The van der Waals surface area contributed by atoms with Gasteiger partial charge in [0.25, 0.3) is 0 Å². The maximum absolute atomic E-state index is 11.7. The smallest absolute Gasteiger partial charge is 0.307 e. The summed E-state index contributed by atoms with van der Waals surface area (Å²) in [4.78, 5) is 34.4. The summed E-state index contributed by atoms with van der Waals surface area (Å²) in [5.74, 6) is -0.195. The summed E-state index contributed by atoms with van der Waals surface area (Å²) in [6.07, 6.45) is 6.26. The molecule has 274 valence electrons. The zero-order valence-corrected chi connectivity index (χ0v) is 30.3. The summed E-state index contributed by atoms with van der Waals surface area (Å²) in [6, 6.07) is 20.0. The number of nitriles is 1. The second-order valence-corrected chi connectivity index (χ2v) is 14.8. The second-order valence-electron chi connectivity index (χ2n) is 14.8. The summed E-state index contributed by atoms with van der Waals surface area (Å²) in [7, 11) is 0. The molecule has 12 nitrogen and oxygen atoms in total. The number of nitrogens with one attached hydrogen (secondary N) is 1. The predicted octanol–water partition coefficient (Wildman–Crippen LogP) is 7.54. The Morgan fingerprint density at radius 1 is 1.07 bits per heavy atom. The van der Waals surface area contributed by atoms with Crippen molar-refractivity contribution in [2.45, 2.75) is 51.3 Å². The molecule has 6 aromatic rings. The number of anilines is 2. The summed E-state index contributed by atoms with van der Waals surface area (Å²) >= 11 is 0. The van der Waals surface area contributed by atoms with Gasteiger partial charge in [0, 0.05) is 61.3 Å². The van der Waals surface area contributed by atoms with Crippen molar-refractivity contribution in [3.8, 4) is 28.7 Å². The van der Waals surface area contributed by atoms with Crippen molar-refractivity contribution >= 4 is 45.2 Å². The van der Waals surface area contributed by atoms with Crippen LogP contribution < -0.4 is 5.32 Å². The van der Waals surface area contributed by atoms with Gasteiger partial charge in [0.15, 0.2) is 11.4 Å². The van der Waals surface area contributed by atoms with E-state index in [0.29, 0.717) is 77.9 Å². The molecular weight excluding hydrogens is 693 g/mol. The van der Waals surface area contributed by atoms with Crippen LogP contribution in [0.25, 0.3) is 49.4 Å². The molecule has 2 saturated heterocycles. The molecular formula is C43H38N8O4. The number of β-amino-alcohol motifs (C(OH)–C–C–N with tert-alkyl or cyclic N) is 1. The number of likely N-dealkylation sites (tertiary alicyclic amines) is 2. The van der Waals surface area contributed by atoms with E-state index in [1.165, 1.54) is 0 Å². The quantitative estimate of drug-likeness (QED) is 0.133. The SMILES string of the molecule is [C-]#[N+]c1c(Nc2nccc3cc(CN4CC[C@@H](O)C4)cnc23)cccc1-c1cccc(-c2nc3cc4c(c(C#N)c3o2)CC[C@H]4N2CC[C@@H](C(=O)O)C2)c1C. The molecule has 0 spiro atoms. The molecule has 0 bridgehead atoms. The highest BCUT2D eigenvalue weighted by atomic mass is 16.4. The number of oxazole rings is 1. The molecule has 0 saturated carbocycles. The van der Waals surface area contributed by atoms with Crippen molar-refractivity contribution in [1.29, 1.82) is 5.26 Å². The molecule has 9 rings (SSSR count). The van der Waals surface area contributed by atoms with Crippen LogP contribution in [0.15, 0.2) is 71.4 Å². The molecule has 5 heterocycles.